The highest BCUT2D eigenvalue weighted by Crippen LogP contribution is 2.23. The van der Waals surface area contributed by atoms with E-state index in [4.69, 9.17) is 0 Å². The van der Waals surface area contributed by atoms with Gasteiger partial charge in [-0.25, -0.2) is 0 Å². The average molecular weight is 353 g/mol. The Morgan fingerprint density at radius 3 is 2.19 bits per heavy atom. The van der Waals surface area contributed by atoms with E-state index >= 15 is 0 Å². The third-order valence-corrected chi connectivity index (χ3v) is 4.00. The predicted molar refractivity (Wildman–Crippen MR) is 107 cm³/mol. The van der Waals surface area contributed by atoms with Crippen LogP contribution in [0.5, 0.6) is 0 Å². The Balaban J connectivity index is 1.93. The standard InChI is InChI=1S/C21H27N3O2/c1-21(2,3)16-9-11-17(12-10-16)23-19(25)14-22-18-8-6-7-15(13-18)20(26)24(4)5/h6-13,22H,14H2,1-5H3,(H,23,25). The maximum Gasteiger partial charge on any atom is 0.253 e. The molecule has 2 aromatic rings. The van der Waals surface area contributed by atoms with Crippen molar-refractivity contribution >= 4 is 23.2 Å². The van der Waals surface area contributed by atoms with Crippen LogP contribution in [-0.2, 0) is 10.2 Å². The molecule has 0 aliphatic heterocycles. The Hall–Kier alpha value is -2.82. The molecule has 0 saturated carbocycles. The van der Waals surface area contributed by atoms with Crippen LogP contribution in [0.3, 0.4) is 0 Å². The van der Waals surface area contributed by atoms with Crippen LogP contribution >= 0.6 is 0 Å². The van der Waals surface area contributed by atoms with Gasteiger partial charge in [0.15, 0.2) is 0 Å². The van der Waals surface area contributed by atoms with Gasteiger partial charge in [-0.1, -0.05) is 39.0 Å². The van der Waals surface area contributed by atoms with Crippen molar-refractivity contribution in [3.63, 3.8) is 0 Å². The first-order valence-corrected chi connectivity index (χ1v) is 8.63. The first kappa shape index (κ1) is 19.5. The number of benzene rings is 2. The molecule has 5 nitrogen and oxygen atoms in total. The summed E-state index contributed by atoms with van der Waals surface area (Å²) in [5.74, 6) is -0.213. The molecule has 2 N–H and O–H groups in total. The van der Waals surface area contributed by atoms with Crippen LogP contribution in [0, 0.1) is 0 Å². The second-order valence-corrected chi connectivity index (χ2v) is 7.51. The molecule has 0 heterocycles. The van der Waals surface area contributed by atoms with Gasteiger partial charge in [0, 0.05) is 31.0 Å². The lowest BCUT2D eigenvalue weighted by molar-refractivity contribution is -0.114. The van der Waals surface area contributed by atoms with Gasteiger partial charge < -0.3 is 15.5 Å². The van der Waals surface area contributed by atoms with Crippen LogP contribution in [0.1, 0.15) is 36.7 Å². The first-order valence-electron chi connectivity index (χ1n) is 8.63. The largest absolute Gasteiger partial charge is 0.376 e. The van der Waals surface area contributed by atoms with Gasteiger partial charge in [-0.05, 0) is 41.3 Å². The molecule has 0 aliphatic carbocycles. The minimum atomic E-state index is -0.141. The molecule has 5 heteroatoms. The van der Waals surface area contributed by atoms with E-state index in [1.54, 1.807) is 32.3 Å². The van der Waals surface area contributed by atoms with Crippen LogP contribution < -0.4 is 10.6 Å². The summed E-state index contributed by atoms with van der Waals surface area (Å²) < 4.78 is 0. The van der Waals surface area contributed by atoms with Gasteiger partial charge in [-0.3, -0.25) is 9.59 Å². The van der Waals surface area contributed by atoms with Gasteiger partial charge in [0.2, 0.25) is 5.91 Å². The fraction of sp³-hybridized carbons (Fsp3) is 0.333. The molecule has 0 saturated heterocycles. The van der Waals surface area contributed by atoms with E-state index in [0.29, 0.717) is 5.56 Å². The summed E-state index contributed by atoms with van der Waals surface area (Å²) in [6.07, 6.45) is 0. The lowest BCUT2D eigenvalue weighted by Crippen LogP contribution is -2.23. The molecule has 0 aromatic heterocycles. The topological polar surface area (TPSA) is 61.4 Å². The number of carbonyl (C=O) groups excluding carboxylic acids is 2. The van der Waals surface area contributed by atoms with Crippen LogP contribution in [-0.4, -0.2) is 37.4 Å². The Morgan fingerprint density at radius 1 is 0.962 bits per heavy atom. The molecular formula is C21H27N3O2. The molecule has 0 unspecified atom stereocenters. The van der Waals surface area contributed by atoms with Crippen molar-refractivity contribution in [3.05, 3.63) is 59.7 Å². The number of nitrogens with one attached hydrogen (secondary N) is 2. The quantitative estimate of drug-likeness (QED) is 0.861. The number of amides is 2. The molecular weight excluding hydrogens is 326 g/mol. The minimum Gasteiger partial charge on any atom is -0.376 e. The van der Waals surface area contributed by atoms with Crippen molar-refractivity contribution < 1.29 is 9.59 Å². The van der Waals surface area contributed by atoms with Crippen molar-refractivity contribution in [2.24, 2.45) is 0 Å². The average Bonchev–Trinajstić information content (AvgIpc) is 2.59. The highest BCUT2D eigenvalue weighted by atomic mass is 16.2. The predicted octanol–water partition coefficient (Wildman–Crippen LogP) is 3.74. The summed E-state index contributed by atoms with van der Waals surface area (Å²) in [6, 6.07) is 15.0. The van der Waals surface area contributed by atoms with Gasteiger partial charge >= 0.3 is 0 Å². The molecule has 2 amide bonds. The number of hydrogen-bond donors (Lipinski definition) is 2. The molecule has 0 bridgehead atoms. The number of hydrogen-bond acceptors (Lipinski definition) is 3. The summed E-state index contributed by atoms with van der Waals surface area (Å²) in [7, 11) is 3.42. The molecule has 0 fully saturated rings. The lowest BCUT2D eigenvalue weighted by atomic mass is 9.87. The summed E-state index contributed by atoms with van der Waals surface area (Å²) in [5, 5.41) is 5.92. The number of anilines is 2. The monoisotopic (exact) mass is 353 g/mol. The second-order valence-electron chi connectivity index (χ2n) is 7.51. The van der Waals surface area contributed by atoms with Gasteiger partial charge in [-0.15, -0.1) is 0 Å². The van der Waals surface area contributed by atoms with E-state index in [1.807, 2.05) is 30.3 Å². The highest BCUT2D eigenvalue weighted by Gasteiger charge is 2.13. The minimum absolute atomic E-state index is 0.0722. The number of rotatable bonds is 5. The molecule has 138 valence electrons. The Morgan fingerprint density at radius 2 is 1.62 bits per heavy atom. The summed E-state index contributed by atoms with van der Waals surface area (Å²) in [4.78, 5) is 25.7. The summed E-state index contributed by atoms with van der Waals surface area (Å²) in [6.45, 7) is 6.58. The van der Waals surface area contributed by atoms with E-state index in [0.717, 1.165) is 11.4 Å². The number of nitrogens with zero attached hydrogens (tertiary/aromatic N) is 1. The first-order chi connectivity index (χ1) is 12.2. The third-order valence-electron chi connectivity index (χ3n) is 4.00. The van der Waals surface area contributed by atoms with Gasteiger partial charge in [0.1, 0.15) is 0 Å². The van der Waals surface area contributed by atoms with Crippen LogP contribution in [0.15, 0.2) is 48.5 Å². The van der Waals surface area contributed by atoms with Crippen molar-refractivity contribution in [1.29, 1.82) is 0 Å². The zero-order valence-corrected chi connectivity index (χ0v) is 16.1. The lowest BCUT2D eigenvalue weighted by Gasteiger charge is -2.19. The van der Waals surface area contributed by atoms with Crippen LogP contribution in [0.25, 0.3) is 0 Å². The molecule has 2 rings (SSSR count). The van der Waals surface area contributed by atoms with Crippen molar-refractivity contribution in [2.75, 3.05) is 31.3 Å². The summed E-state index contributed by atoms with van der Waals surface area (Å²) >= 11 is 0. The van der Waals surface area contributed by atoms with Crippen molar-refractivity contribution in [2.45, 2.75) is 26.2 Å². The zero-order chi connectivity index (χ0) is 19.3. The smallest absolute Gasteiger partial charge is 0.253 e. The maximum atomic E-state index is 12.1. The maximum absolute atomic E-state index is 12.1. The van der Waals surface area contributed by atoms with E-state index in [-0.39, 0.29) is 23.8 Å². The van der Waals surface area contributed by atoms with Crippen LogP contribution in [0.2, 0.25) is 0 Å². The van der Waals surface area contributed by atoms with Crippen LogP contribution in [0.4, 0.5) is 11.4 Å². The molecule has 2 aromatic carbocycles. The molecule has 0 atom stereocenters. The Labute approximate surface area is 155 Å². The van der Waals surface area contributed by atoms with Gasteiger partial charge in [-0.2, -0.15) is 0 Å². The van der Waals surface area contributed by atoms with Gasteiger partial charge in [0.25, 0.3) is 5.91 Å². The van der Waals surface area contributed by atoms with Gasteiger partial charge in [0.05, 0.1) is 6.54 Å². The second kappa shape index (κ2) is 8.04. The zero-order valence-electron chi connectivity index (χ0n) is 16.1. The third kappa shape index (κ3) is 5.34. The van der Waals surface area contributed by atoms with E-state index in [2.05, 4.69) is 31.4 Å². The highest BCUT2D eigenvalue weighted by molar-refractivity contribution is 5.96. The Bertz CT molecular complexity index is 775. The fourth-order valence-corrected chi connectivity index (χ4v) is 2.46. The Kier molecular flexibility index (Phi) is 6.03. The molecule has 26 heavy (non-hydrogen) atoms. The number of carbonyl (C=O) groups is 2. The normalized spacial score (nSPS) is 11.0. The van der Waals surface area contributed by atoms with E-state index in [9.17, 15) is 9.59 Å². The SMILES string of the molecule is CN(C)C(=O)c1cccc(NCC(=O)Nc2ccc(C(C)(C)C)cc2)c1. The molecule has 0 spiro atoms. The van der Waals surface area contributed by atoms with E-state index in [1.165, 1.54) is 10.5 Å². The van der Waals surface area contributed by atoms with E-state index < -0.39 is 0 Å². The van der Waals surface area contributed by atoms with Crippen molar-refractivity contribution in [3.8, 4) is 0 Å². The fourth-order valence-electron chi connectivity index (χ4n) is 2.46. The van der Waals surface area contributed by atoms with Crippen molar-refractivity contribution in [1.82, 2.24) is 4.90 Å². The molecule has 0 radical (unpaired) electrons. The molecule has 0 aliphatic rings. The summed E-state index contributed by atoms with van der Waals surface area (Å²) in [5.41, 5.74) is 3.38.